The number of rotatable bonds is 5. The quantitative estimate of drug-likeness (QED) is 0.900. The van der Waals surface area contributed by atoms with Gasteiger partial charge in [0.2, 0.25) is 10.0 Å². The molecule has 2 aromatic carbocycles. The molecule has 0 amide bonds. The second-order valence-corrected chi connectivity index (χ2v) is 7.73. The fourth-order valence-electron chi connectivity index (χ4n) is 3.15. The van der Waals surface area contributed by atoms with E-state index in [0.29, 0.717) is 12.0 Å². The Morgan fingerprint density at radius 2 is 1.79 bits per heavy atom. The lowest BCUT2D eigenvalue weighted by molar-refractivity contribution is 0.113. The minimum absolute atomic E-state index is 0.194. The predicted molar refractivity (Wildman–Crippen MR) is 92.1 cm³/mol. The zero-order valence-electron chi connectivity index (χ0n) is 13.5. The molecule has 0 bridgehead atoms. The number of nitrogens with zero attached hydrogens (tertiary/aromatic N) is 1. The summed E-state index contributed by atoms with van der Waals surface area (Å²) in [5.41, 5.74) is 1.51. The van der Waals surface area contributed by atoms with E-state index in [4.69, 9.17) is 4.74 Å². The highest BCUT2D eigenvalue weighted by molar-refractivity contribution is 7.89. The zero-order chi connectivity index (χ0) is 17.2. The second kappa shape index (κ2) is 7.03. The van der Waals surface area contributed by atoms with Crippen molar-refractivity contribution in [2.75, 3.05) is 20.3 Å². The van der Waals surface area contributed by atoms with Crippen molar-refractivity contribution in [1.29, 1.82) is 0 Å². The van der Waals surface area contributed by atoms with Crippen LogP contribution in [-0.2, 0) is 14.8 Å². The van der Waals surface area contributed by atoms with Crippen LogP contribution in [0.25, 0.3) is 11.1 Å². The predicted octanol–water partition coefficient (Wildman–Crippen LogP) is 2.12. The van der Waals surface area contributed by atoms with Gasteiger partial charge in [0.05, 0.1) is 23.6 Å². The van der Waals surface area contributed by atoms with Crippen molar-refractivity contribution >= 4 is 10.0 Å². The standard InChI is InChI=1S/C18H21NO4S/c1-23-16-11-15(13-20)19(12-16)24(21,22)18-10-6-5-9-17(18)14-7-3-2-4-8-14/h2-10,15-16,20H,11-13H2,1H3/t15-,16+/m0/s1. The highest BCUT2D eigenvalue weighted by Gasteiger charge is 2.40. The van der Waals surface area contributed by atoms with Gasteiger partial charge < -0.3 is 9.84 Å². The zero-order valence-corrected chi connectivity index (χ0v) is 14.3. The van der Waals surface area contributed by atoms with Gasteiger partial charge in [0.1, 0.15) is 0 Å². The first-order chi connectivity index (χ1) is 11.6. The average Bonchev–Trinajstić information content (AvgIpc) is 3.07. The molecule has 5 nitrogen and oxygen atoms in total. The number of aliphatic hydroxyl groups is 1. The first-order valence-corrected chi connectivity index (χ1v) is 9.32. The molecule has 1 heterocycles. The van der Waals surface area contributed by atoms with Gasteiger partial charge in [-0.3, -0.25) is 0 Å². The number of benzene rings is 2. The molecule has 0 aliphatic carbocycles. The summed E-state index contributed by atoms with van der Waals surface area (Å²) in [7, 11) is -2.17. The SMILES string of the molecule is CO[C@@H]1C[C@@H](CO)N(S(=O)(=O)c2ccccc2-c2ccccc2)C1. The van der Waals surface area contributed by atoms with Crippen LogP contribution in [-0.4, -0.2) is 50.2 Å². The molecular formula is C18H21NO4S. The summed E-state index contributed by atoms with van der Waals surface area (Å²) >= 11 is 0. The smallest absolute Gasteiger partial charge is 0.244 e. The monoisotopic (exact) mass is 347 g/mol. The maximum absolute atomic E-state index is 13.2. The summed E-state index contributed by atoms with van der Waals surface area (Å²) in [6.45, 7) is 0.0414. The van der Waals surface area contributed by atoms with Crippen molar-refractivity contribution in [2.24, 2.45) is 0 Å². The van der Waals surface area contributed by atoms with E-state index >= 15 is 0 Å². The fourth-order valence-corrected chi connectivity index (χ4v) is 5.02. The van der Waals surface area contributed by atoms with Crippen LogP contribution in [0.5, 0.6) is 0 Å². The van der Waals surface area contributed by atoms with Gasteiger partial charge in [-0.15, -0.1) is 0 Å². The summed E-state index contributed by atoms with van der Waals surface area (Å²) in [5.74, 6) is 0. The largest absolute Gasteiger partial charge is 0.395 e. The van der Waals surface area contributed by atoms with Gasteiger partial charge in [-0.1, -0.05) is 48.5 Å². The maximum atomic E-state index is 13.2. The Hall–Kier alpha value is -1.73. The minimum Gasteiger partial charge on any atom is -0.395 e. The molecule has 1 N–H and O–H groups in total. The lowest BCUT2D eigenvalue weighted by atomic mass is 10.1. The number of methoxy groups -OCH3 is 1. The Kier molecular flexibility index (Phi) is 5.01. The molecule has 0 saturated carbocycles. The number of hydrogen-bond donors (Lipinski definition) is 1. The molecule has 0 unspecified atom stereocenters. The van der Waals surface area contributed by atoms with Crippen molar-refractivity contribution in [3.8, 4) is 11.1 Å². The molecule has 0 radical (unpaired) electrons. The van der Waals surface area contributed by atoms with Crippen molar-refractivity contribution < 1.29 is 18.3 Å². The lowest BCUT2D eigenvalue weighted by Crippen LogP contribution is -2.38. The van der Waals surface area contributed by atoms with E-state index in [0.717, 1.165) is 5.56 Å². The summed E-state index contributed by atoms with van der Waals surface area (Å²) < 4.78 is 33.1. The van der Waals surface area contributed by atoms with Gasteiger partial charge in [0.25, 0.3) is 0 Å². The Balaban J connectivity index is 2.05. The van der Waals surface area contributed by atoms with Crippen molar-refractivity contribution in [2.45, 2.75) is 23.5 Å². The van der Waals surface area contributed by atoms with E-state index in [2.05, 4.69) is 0 Å². The van der Waals surface area contributed by atoms with Crippen LogP contribution in [0.1, 0.15) is 6.42 Å². The molecule has 1 aliphatic heterocycles. The highest BCUT2D eigenvalue weighted by atomic mass is 32.2. The van der Waals surface area contributed by atoms with Gasteiger partial charge in [-0.25, -0.2) is 8.42 Å². The molecule has 3 rings (SSSR count). The molecule has 2 aromatic rings. The molecule has 24 heavy (non-hydrogen) atoms. The minimum atomic E-state index is -3.73. The van der Waals surface area contributed by atoms with E-state index < -0.39 is 16.1 Å². The molecule has 128 valence electrons. The summed E-state index contributed by atoms with van der Waals surface area (Å²) in [6, 6.07) is 15.9. The van der Waals surface area contributed by atoms with Crippen LogP contribution in [0.2, 0.25) is 0 Å². The average molecular weight is 347 g/mol. The highest BCUT2D eigenvalue weighted by Crippen LogP contribution is 2.33. The van der Waals surface area contributed by atoms with Crippen LogP contribution in [0.3, 0.4) is 0 Å². The Morgan fingerprint density at radius 1 is 1.12 bits per heavy atom. The van der Waals surface area contributed by atoms with Crippen LogP contribution < -0.4 is 0 Å². The first-order valence-electron chi connectivity index (χ1n) is 7.88. The molecule has 6 heteroatoms. The lowest BCUT2D eigenvalue weighted by Gasteiger charge is -2.23. The van der Waals surface area contributed by atoms with E-state index in [1.165, 1.54) is 4.31 Å². The Labute approximate surface area is 142 Å². The molecule has 1 aliphatic rings. The van der Waals surface area contributed by atoms with Gasteiger partial charge in [0.15, 0.2) is 0 Å². The Bertz CT molecular complexity index is 792. The number of sulfonamides is 1. The van der Waals surface area contributed by atoms with Crippen LogP contribution in [0.4, 0.5) is 0 Å². The number of hydrogen-bond acceptors (Lipinski definition) is 4. The number of aliphatic hydroxyl groups excluding tert-OH is 1. The van der Waals surface area contributed by atoms with Crippen molar-refractivity contribution in [1.82, 2.24) is 4.31 Å². The van der Waals surface area contributed by atoms with Crippen molar-refractivity contribution in [3.05, 3.63) is 54.6 Å². The van der Waals surface area contributed by atoms with Gasteiger partial charge in [-0.05, 0) is 18.1 Å². The summed E-state index contributed by atoms with van der Waals surface area (Å²) in [6.07, 6.45) is 0.306. The first kappa shape index (κ1) is 17.1. The fraction of sp³-hybridized carbons (Fsp3) is 0.333. The third kappa shape index (κ3) is 3.10. The van der Waals surface area contributed by atoms with Gasteiger partial charge in [0, 0.05) is 19.2 Å². The topological polar surface area (TPSA) is 66.8 Å². The second-order valence-electron chi connectivity index (χ2n) is 5.87. The third-order valence-electron chi connectivity index (χ3n) is 4.43. The van der Waals surface area contributed by atoms with Crippen molar-refractivity contribution in [3.63, 3.8) is 0 Å². The molecule has 1 saturated heterocycles. The molecular weight excluding hydrogens is 326 g/mol. The normalized spacial score (nSPS) is 21.9. The van der Waals surface area contributed by atoms with Crippen LogP contribution in [0, 0.1) is 0 Å². The molecule has 0 aromatic heterocycles. The van der Waals surface area contributed by atoms with Gasteiger partial charge >= 0.3 is 0 Å². The molecule has 0 spiro atoms. The van der Waals surface area contributed by atoms with Crippen LogP contribution >= 0.6 is 0 Å². The van der Waals surface area contributed by atoms with E-state index in [9.17, 15) is 13.5 Å². The van der Waals surface area contributed by atoms with E-state index in [1.54, 1.807) is 25.3 Å². The maximum Gasteiger partial charge on any atom is 0.244 e. The van der Waals surface area contributed by atoms with Gasteiger partial charge in [-0.2, -0.15) is 4.31 Å². The molecule has 1 fully saturated rings. The Morgan fingerprint density at radius 3 is 2.46 bits per heavy atom. The van der Waals surface area contributed by atoms with Crippen LogP contribution in [0.15, 0.2) is 59.5 Å². The van der Waals surface area contributed by atoms with E-state index in [-0.39, 0.29) is 24.2 Å². The van der Waals surface area contributed by atoms with E-state index in [1.807, 2.05) is 36.4 Å². The summed E-state index contributed by atoms with van der Waals surface area (Å²) in [5, 5.41) is 9.58. The third-order valence-corrected chi connectivity index (χ3v) is 6.40. The molecule has 2 atom stereocenters. The summed E-state index contributed by atoms with van der Waals surface area (Å²) in [4.78, 5) is 0.256. The number of ether oxygens (including phenoxy) is 1.